The van der Waals surface area contributed by atoms with E-state index in [4.69, 9.17) is 19.8 Å². The highest BCUT2D eigenvalue weighted by Crippen LogP contribution is 2.29. The molecule has 2 aromatic carbocycles. The number of ether oxygens (including phenoxy) is 2. The Morgan fingerprint density at radius 2 is 1.95 bits per heavy atom. The number of nitriles is 1. The normalized spacial score (nSPS) is 9.85. The number of nitrogens with zero attached hydrogens (tertiary/aromatic N) is 1. The standard InChI is InChI=1S/C16H15NO3/c1-19-15-7-6-12(10-18)8-16(15)20-11-14-5-3-2-4-13(14)9-17/h2-8,18H,10-11H2,1H3. The largest absolute Gasteiger partial charge is 0.493 e. The maximum absolute atomic E-state index is 9.15. The molecule has 4 heteroatoms. The van der Waals surface area contributed by atoms with Crippen LogP contribution in [0.4, 0.5) is 0 Å². The maximum atomic E-state index is 9.15. The minimum atomic E-state index is -0.0604. The summed E-state index contributed by atoms with van der Waals surface area (Å²) in [7, 11) is 1.56. The van der Waals surface area contributed by atoms with Gasteiger partial charge < -0.3 is 14.6 Å². The summed E-state index contributed by atoms with van der Waals surface area (Å²) in [5.41, 5.74) is 2.14. The van der Waals surface area contributed by atoms with Crippen molar-refractivity contribution >= 4 is 0 Å². The Bertz CT molecular complexity index is 632. The molecule has 0 spiro atoms. The average Bonchev–Trinajstić information content (AvgIpc) is 2.52. The van der Waals surface area contributed by atoms with Crippen LogP contribution in [-0.2, 0) is 13.2 Å². The molecule has 102 valence electrons. The summed E-state index contributed by atoms with van der Waals surface area (Å²) in [6.45, 7) is 0.212. The smallest absolute Gasteiger partial charge is 0.162 e. The fourth-order valence-corrected chi connectivity index (χ4v) is 1.84. The summed E-state index contributed by atoms with van der Waals surface area (Å²) < 4.78 is 10.9. The van der Waals surface area contributed by atoms with Crippen LogP contribution in [0.5, 0.6) is 11.5 Å². The van der Waals surface area contributed by atoms with Crippen molar-refractivity contribution in [3.63, 3.8) is 0 Å². The van der Waals surface area contributed by atoms with Gasteiger partial charge in [-0.1, -0.05) is 24.3 Å². The van der Waals surface area contributed by atoms with Gasteiger partial charge in [0.25, 0.3) is 0 Å². The fourth-order valence-electron chi connectivity index (χ4n) is 1.84. The summed E-state index contributed by atoms with van der Waals surface area (Å²) in [5.74, 6) is 1.14. The van der Waals surface area contributed by atoms with Crippen molar-refractivity contribution in [3.8, 4) is 17.6 Å². The van der Waals surface area contributed by atoms with E-state index in [-0.39, 0.29) is 13.2 Å². The van der Waals surface area contributed by atoms with E-state index in [2.05, 4.69) is 6.07 Å². The van der Waals surface area contributed by atoms with Crippen LogP contribution >= 0.6 is 0 Å². The van der Waals surface area contributed by atoms with Gasteiger partial charge in [0.15, 0.2) is 11.5 Å². The number of hydrogen-bond acceptors (Lipinski definition) is 4. The third-order valence-corrected chi connectivity index (χ3v) is 2.93. The molecular formula is C16H15NO3. The average molecular weight is 269 g/mol. The van der Waals surface area contributed by atoms with Crippen LogP contribution < -0.4 is 9.47 Å². The molecule has 20 heavy (non-hydrogen) atoms. The van der Waals surface area contributed by atoms with Crippen LogP contribution in [0, 0.1) is 11.3 Å². The lowest BCUT2D eigenvalue weighted by Gasteiger charge is -2.12. The molecule has 0 heterocycles. The fraction of sp³-hybridized carbons (Fsp3) is 0.188. The Morgan fingerprint density at radius 1 is 1.15 bits per heavy atom. The molecule has 1 N–H and O–H groups in total. The van der Waals surface area contributed by atoms with Crippen molar-refractivity contribution in [1.82, 2.24) is 0 Å². The number of aliphatic hydroxyl groups excluding tert-OH is 1. The molecule has 0 aliphatic rings. The monoisotopic (exact) mass is 269 g/mol. The Morgan fingerprint density at radius 3 is 2.65 bits per heavy atom. The highest BCUT2D eigenvalue weighted by molar-refractivity contribution is 5.43. The van der Waals surface area contributed by atoms with Crippen LogP contribution in [0.25, 0.3) is 0 Å². The zero-order valence-corrected chi connectivity index (χ0v) is 11.2. The second kappa shape index (κ2) is 6.60. The SMILES string of the molecule is COc1ccc(CO)cc1OCc1ccccc1C#N. The summed E-state index contributed by atoms with van der Waals surface area (Å²) in [4.78, 5) is 0. The number of rotatable bonds is 5. The van der Waals surface area contributed by atoms with E-state index in [0.717, 1.165) is 11.1 Å². The Kier molecular flexibility index (Phi) is 4.59. The molecule has 2 rings (SSSR count). The third-order valence-electron chi connectivity index (χ3n) is 2.93. The molecule has 0 aliphatic carbocycles. The van der Waals surface area contributed by atoms with Gasteiger partial charge in [-0.05, 0) is 23.8 Å². The lowest BCUT2D eigenvalue weighted by Crippen LogP contribution is -2.00. The van der Waals surface area contributed by atoms with Gasteiger partial charge in [0.05, 0.1) is 25.3 Å². The zero-order chi connectivity index (χ0) is 14.4. The van der Waals surface area contributed by atoms with Crippen molar-refractivity contribution in [2.75, 3.05) is 7.11 Å². The third kappa shape index (κ3) is 3.08. The van der Waals surface area contributed by atoms with Gasteiger partial charge in [-0.15, -0.1) is 0 Å². The summed E-state index contributed by atoms with van der Waals surface area (Å²) in [6.07, 6.45) is 0. The van der Waals surface area contributed by atoms with Crippen molar-refractivity contribution in [3.05, 3.63) is 59.2 Å². The van der Waals surface area contributed by atoms with E-state index in [1.54, 1.807) is 31.4 Å². The minimum absolute atomic E-state index is 0.0604. The molecule has 0 bridgehead atoms. The number of benzene rings is 2. The highest BCUT2D eigenvalue weighted by Gasteiger charge is 2.07. The first-order chi connectivity index (χ1) is 9.78. The quantitative estimate of drug-likeness (QED) is 0.906. The number of hydrogen-bond donors (Lipinski definition) is 1. The van der Waals surface area contributed by atoms with E-state index >= 15 is 0 Å². The van der Waals surface area contributed by atoms with Gasteiger partial charge in [0, 0.05) is 5.56 Å². The van der Waals surface area contributed by atoms with E-state index in [1.165, 1.54) is 0 Å². The second-order valence-electron chi connectivity index (χ2n) is 4.20. The summed E-state index contributed by atoms with van der Waals surface area (Å²) in [5, 5.41) is 18.2. The van der Waals surface area contributed by atoms with Crippen molar-refractivity contribution in [2.24, 2.45) is 0 Å². The Balaban J connectivity index is 2.20. The molecule has 4 nitrogen and oxygen atoms in total. The predicted molar refractivity (Wildman–Crippen MR) is 74.4 cm³/mol. The van der Waals surface area contributed by atoms with E-state index < -0.39 is 0 Å². The van der Waals surface area contributed by atoms with E-state index in [1.807, 2.05) is 18.2 Å². The lowest BCUT2D eigenvalue weighted by atomic mass is 10.1. The highest BCUT2D eigenvalue weighted by atomic mass is 16.5. The van der Waals surface area contributed by atoms with Crippen LogP contribution in [0.3, 0.4) is 0 Å². The first-order valence-electron chi connectivity index (χ1n) is 6.17. The Hall–Kier alpha value is -2.51. The van der Waals surface area contributed by atoms with Gasteiger partial charge in [-0.25, -0.2) is 0 Å². The maximum Gasteiger partial charge on any atom is 0.162 e. The van der Waals surface area contributed by atoms with Crippen molar-refractivity contribution in [2.45, 2.75) is 13.2 Å². The summed E-state index contributed by atoms with van der Waals surface area (Å²) in [6, 6.07) is 14.7. The van der Waals surface area contributed by atoms with Crippen molar-refractivity contribution < 1.29 is 14.6 Å². The van der Waals surface area contributed by atoms with Gasteiger partial charge in [-0.3, -0.25) is 0 Å². The molecule has 0 fully saturated rings. The number of methoxy groups -OCH3 is 1. The Labute approximate surface area is 117 Å². The topological polar surface area (TPSA) is 62.5 Å². The van der Waals surface area contributed by atoms with Crippen molar-refractivity contribution in [1.29, 1.82) is 5.26 Å². The van der Waals surface area contributed by atoms with Crippen LogP contribution in [0.2, 0.25) is 0 Å². The van der Waals surface area contributed by atoms with Crippen LogP contribution in [-0.4, -0.2) is 12.2 Å². The molecule has 0 aliphatic heterocycles. The summed E-state index contributed by atoms with van der Waals surface area (Å²) >= 11 is 0. The van der Waals surface area contributed by atoms with Gasteiger partial charge in [-0.2, -0.15) is 5.26 Å². The second-order valence-corrected chi connectivity index (χ2v) is 4.20. The van der Waals surface area contributed by atoms with E-state index in [9.17, 15) is 0 Å². The van der Waals surface area contributed by atoms with Gasteiger partial charge in [0.2, 0.25) is 0 Å². The molecule has 2 aromatic rings. The van der Waals surface area contributed by atoms with Gasteiger partial charge >= 0.3 is 0 Å². The minimum Gasteiger partial charge on any atom is -0.493 e. The molecular weight excluding hydrogens is 254 g/mol. The molecule has 0 unspecified atom stereocenters. The molecule has 0 radical (unpaired) electrons. The molecule has 0 saturated carbocycles. The molecule has 0 saturated heterocycles. The van der Waals surface area contributed by atoms with Gasteiger partial charge in [0.1, 0.15) is 6.61 Å². The van der Waals surface area contributed by atoms with Crippen LogP contribution in [0.15, 0.2) is 42.5 Å². The first-order valence-corrected chi connectivity index (χ1v) is 6.17. The molecule has 0 aromatic heterocycles. The first kappa shape index (κ1) is 13.9. The van der Waals surface area contributed by atoms with E-state index in [0.29, 0.717) is 17.1 Å². The van der Waals surface area contributed by atoms with Crippen LogP contribution in [0.1, 0.15) is 16.7 Å². The molecule has 0 amide bonds. The molecule has 0 atom stereocenters. The zero-order valence-electron chi connectivity index (χ0n) is 11.2. The lowest BCUT2D eigenvalue weighted by molar-refractivity contribution is 0.271. The predicted octanol–water partition coefficient (Wildman–Crippen LogP) is 2.64. The number of aliphatic hydroxyl groups is 1.